The molecule has 1 atom stereocenters. The molecule has 2 amide bonds. The fourth-order valence-electron chi connectivity index (χ4n) is 1.79. The number of urea groups is 1. The Labute approximate surface area is 124 Å². The number of carboxylic acid groups (broad SMARTS) is 1. The van der Waals surface area contributed by atoms with Gasteiger partial charge in [0.05, 0.1) is 10.9 Å². The maximum Gasteiger partial charge on any atom is 0.322 e. The maximum absolute atomic E-state index is 13.4. The molecule has 1 aromatic rings. The summed E-state index contributed by atoms with van der Waals surface area (Å²) in [5, 5.41) is 11.3. The molecule has 20 heavy (non-hydrogen) atoms. The van der Waals surface area contributed by atoms with Crippen molar-refractivity contribution in [2.45, 2.75) is 26.3 Å². The third-order valence-electron chi connectivity index (χ3n) is 2.77. The van der Waals surface area contributed by atoms with Crippen LogP contribution >= 0.6 is 15.9 Å². The number of carbonyl (C=O) groups is 2. The molecule has 1 unspecified atom stereocenters. The molecule has 0 aliphatic carbocycles. The molecular weight excluding hydrogens is 331 g/mol. The predicted molar refractivity (Wildman–Crippen MR) is 77.2 cm³/mol. The molecule has 0 heterocycles. The van der Waals surface area contributed by atoms with Gasteiger partial charge in [-0.1, -0.05) is 0 Å². The van der Waals surface area contributed by atoms with Crippen LogP contribution in [0.25, 0.3) is 0 Å². The van der Waals surface area contributed by atoms with Crippen molar-refractivity contribution in [2.24, 2.45) is 0 Å². The number of aliphatic carboxylic acids is 1. The highest BCUT2D eigenvalue weighted by molar-refractivity contribution is 9.10. The van der Waals surface area contributed by atoms with Gasteiger partial charge in [-0.25, -0.2) is 9.18 Å². The van der Waals surface area contributed by atoms with E-state index in [0.717, 1.165) is 0 Å². The summed E-state index contributed by atoms with van der Waals surface area (Å²) in [5.74, 6) is -1.46. The van der Waals surface area contributed by atoms with Crippen molar-refractivity contribution < 1.29 is 19.1 Å². The highest BCUT2D eigenvalue weighted by Gasteiger charge is 2.20. The highest BCUT2D eigenvalue weighted by atomic mass is 79.9. The minimum Gasteiger partial charge on any atom is -0.481 e. The van der Waals surface area contributed by atoms with E-state index in [-0.39, 0.29) is 6.42 Å². The number of rotatable bonds is 5. The summed E-state index contributed by atoms with van der Waals surface area (Å²) in [7, 11) is 0. The molecule has 0 saturated heterocycles. The summed E-state index contributed by atoms with van der Waals surface area (Å²) in [4.78, 5) is 24.1. The third kappa shape index (κ3) is 4.48. The minimum absolute atomic E-state index is 0.143. The van der Waals surface area contributed by atoms with Gasteiger partial charge in [-0.05, 0) is 48.0 Å². The van der Waals surface area contributed by atoms with Gasteiger partial charge >= 0.3 is 12.0 Å². The predicted octanol–water partition coefficient (Wildman–Crippen LogP) is 3.31. The second-order valence-corrected chi connectivity index (χ2v) is 5.15. The Hall–Kier alpha value is -1.63. The van der Waals surface area contributed by atoms with E-state index in [1.165, 1.54) is 17.0 Å². The molecule has 0 spiro atoms. The van der Waals surface area contributed by atoms with Crippen molar-refractivity contribution in [3.63, 3.8) is 0 Å². The number of anilines is 1. The van der Waals surface area contributed by atoms with Crippen LogP contribution in [0, 0.1) is 5.82 Å². The summed E-state index contributed by atoms with van der Waals surface area (Å²) in [6, 6.07) is 3.33. The van der Waals surface area contributed by atoms with Crippen LogP contribution < -0.4 is 5.32 Å². The number of amides is 2. The molecule has 1 aromatic carbocycles. The van der Waals surface area contributed by atoms with Crippen LogP contribution in [-0.4, -0.2) is 34.6 Å². The number of nitrogens with one attached hydrogen (secondary N) is 1. The molecule has 2 N–H and O–H groups in total. The van der Waals surface area contributed by atoms with Gasteiger partial charge in [0, 0.05) is 18.3 Å². The zero-order chi connectivity index (χ0) is 15.3. The standard InChI is InChI=1S/C13H16BrFN2O3/c1-3-17(8(2)6-12(18)19)13(20)16-9-4-5-10(14)11(15)7-9/h4-5,7-8H,3,6H2,1-2H3,(H,16,20)(H,18,19). The average molecular weight is 347 g/mol. The molecule has 0 aliphatic rings. The lowest BCUT2D eigenvalue weighted by Gasteiger charge is -2.27. The first-order valence-corrected chi connectivity index (χ1v) is 6.89. The van der Waals surface area contributed by atoms with Gasteiger partial charge in [0.15, 0.2) is 0 Å². The van der Waals surface area contributed by atoms with Gasteiger partial charge in [-0.3, -0.25) is 4.79 Å². The Morgan fingerprint density at radius 3 is 2.65 bits per heavy atom. The first-order valence-electron chi connectivity index (χ1n) is 6.09. The van der Waals surface area contributed by atoms with E-state index < -0.39 is 23.9 Å². The van der Waals surface area contributed by atoms with Crippen LogP contribution in [0.4, 0.5) is 14.9 Å². The van der Waals surface area contributed by atoms with Crippen LogP contribution in [-0.2, 0) is 4.79 Å². The van der Waals surface area contributed by atoms with Crippen LogP contribution in [0.5, 0.6) is 0 Å². The molecule has 0 fully saturated rings. The van der Waals surface area contributed by atoms with E-state index in [1.807, 2.05) is 0 Å². The van der Waals surface area contributed by atoms with Gasteiger partial charge in [-0.15, -0.1) is 0 Å². The number of hydrogen-bond donors (Lipinski definition) is 2. The lowest BCUT2D eigenvalue weighted by atomic mass is 10.2. The normalized spacial score (nSPS) is 11.8. The van der Waals surface area contributed by atoms with E-state index in [2.05, 4.69) is 21.2 Å². The lowest BCUT2D eigenvalue weighted by Crippen LogP contribution is -2.42. The minimum atomic E-state index is -0.974. The van der Waals surface area contributed by atoms with Crippen molar-refractivity contribution in [1.82, 2.24) is 4.90 Å². The van der Waals surface area contributed by atoms with E-state index in [4.69, 9.17) is 5.11 Å². The summed E-state index contributed by atoms with van der Waals surface area (Å²) in [6.07, 6.45) is -0.143. The maximum atomic E-state index is 13.4. The zero-order valence-electron chi connectivity index (χ0n) is 11.2. The number of carboxylic acids is 1. The van der Waals surface area contributed by atoms with Gasteiger partial charge in [0.1, 0.15) is 5.82 Å². The summed E-state index contributed by atoms with van der Waals surface area (Å²) >= 11 is 3.03. The van der Waals surface area contributed by atoms with Crippen LogP contribution in [0.2, 0.25) is 0 Å². The largest absolute Gasteiger partial charge is 0.481 e. The van der Waals surface area contributed by atoms with E-state index in [9.17, 15) is 14.0 Å². The molecule has 0 radical (unpaired) electrons. The number of benzene rings is 1. The number of carbonyl (C=O) groups excluding carboxylic acids is 1. The summed E-state index contributed by atoms with van der Waals surface area (Å²) < 4.78 is 13.7. The fourth-order valence-corrected chi connectivity index (χ4v) is 2.03. The zero-order valence-corrected chi connectivity index (χ0v) is 12.8. The molecule has 5 nitrogen and oxygen atoms in total. The number of hydrogen-bond acceptors (Lipinski definition) is 2. The van der Waals surface area contributed by atoms with Crippen LogP contribution in [0.15, 0.2) is 22.7 Å². The van der Waals surface area contributed by atoms with Crippen molar-refractivity contribution in [3.05, 3.63) is 28.5 Å². The van der Waals surface area contributed by atoms with E-state index >= 15 is 0 Å². The van der Waals surface area contributed by atoms with Crippen molar-refractivity contribution in [1.29, 1.82) is 0 Å². The smallest absolute Gasteiger partial charge is 0.322 e. The Balaban J connectivity index is 2.76. The van der Waals surface area contributed by atoms with E-state index in [1.54, 1.807) is 19.9 Å². The first-order chi connectivity index (χ1) is 9.35. The van der Waals surface area contributed by atoms with Gasteiger partial charge < -0.3 is 15.3 Å². The Bertz CT molecular complexity index is 510. The van der Waals surface area contributed by atoms with Crippen LogP contribution in [0.3, 0.4) is 0 Å². The molecule has 0 bridgehead atoms. The molecule has 7 heteroatoms. The second-order valence-electron chi connectivity index (χ2n) is 4.29. The molecule has 0 aliphatic heterocycles. The Kier molecular flexibility index (Phi) is 5.94. The van der Waals surface area contributed by atoms with Gasteiger partial charge in [0.25, 0.3) is 0 Å². The average Bonchev–Trinajstić information content (AvgIpc) is 2.33. The summed E-state index contributed by atoms with van der Waals surface area (Å²) in [6.45, 7) is 3.76. The molecule has 1 rings (SSSR count). The Morgan fingerprint density at radius 1 is 1.50 bits per heavy atom. The van der Waals surface area contributed by atoms with Gasteiger partial charge in [-0.2, -0.15) is 0 Å². The van der Waals surface area contributed by atoms with Crippen molar-refractivity contribution in [2.75, 3.05) is 11.9 Å². The first kappa shape index (κ1) is 16.4. The number of nitrogens with zero attached hydrogens (tertiary/aromatic N) is 1. The quantitative estimate of drug-likeness (QED) is 0.859. The van der Waals surface area contributed by atoms with Gasteiger partial charge in [0.2, 0.25) is 0 Å². The lowest BCUT2D eigenvalue weighted by molar-refractivity contribution is -0.137. The molecule has 110 valence electrons. The fraction of sp³-hybridized carbons (Fsp3) is 0.385. The summed E-state index contributed by atoms with van der Waals surface area (Å²) in [5.41, 5.74) is 0.316. The van der Waals surface area contributed by atoms with E-state index in [0.29, 0.717) is 16.7 Å². The van der Waals surface area contributed by atoms with Crippen molar-refractivity contribution >= 4 is 33.6 Å². The molecule has 0 saturated carbocycles. The molecule has 0 aromatic heterocycles. The second kappa shape index (κ2) is 7.23. The molecular formula is C13H16BrFN2O3. The third-order valence-corrected chi connectivity index (χ3v) is 3.42. The number of halogens is 2. The van der Waals surface area contributed by atoms with Crippen LogP contribution in [0.1, 0.15) is 20.3 Å². The SMILES string of the molecule is CCN(C(=O)Nc1ccc(Br)c(F)c1)C(C)CC(=O)O. The topological polar surface area (TPSA) is 69.6 Å². The monoisotopic (exact) mass is 346 g/mol. The Morgan fingerprint density at radius 2 is 2.15 bits per heavy atom. The highest BCUT2D eigenvalue weighted by Crippen LogP contribution is 2.20. The van der Waals surface area contributed by atoms with Crippen molar-refractivity contribution in [3.8, 4) is 0 Å².